The van der Waals surface area contributed by atoms with Gasteiger partial charge in [-0.3, -0.25) is 0 Å². The molecule has 38 heavy (non-hydrogen) atoms. The molecule has 0 aliphatic rings. The van der Waals surface area contributed by atoms with Crippen LogP contribution in [0.15, 0.2) is 110 Å². The first-order valence-electron chi connectivity index (χ1n) is 11.4. The molecule has 193 valence electrons. The minimum absolute atomic E-state index is 0.104. The molecule has 8 nitrogen and oxygen atoms in total. The van der Waals surface area contributed by atoms with Crippen LogP contribution in [-0.2, 0) is 28.8 Å². The minimum atomic E-state index is -0.194. The Labute approximate surface area is 235 Å². The van der Waals surface area contributed by atoms with Crippen LogP contribution in [0.4, 0.5) is 0 Å². The Morgan fingerprint density at radius 2 is 1.26 bits per heavy atom. The number of aromatic nitrogens is 6. The van der Waals surface area contributed by atoms with Gasteiger partial charge in [0, 0.05) is 18.6 Å². The molecule has 0 saturated heterocycles. The van der Waals surface area contributed by atoms with Crippen LogP contribution < -0.4 is 5.30 Å². The van der Waals surface area contributed by atoms with Crippen molar-refractivity contribution in [2.45, 2.75) is 6.92 Å². The van der Waals surface area contributed by atoms with Gasteiger partial charge in [0.15, 0.2) is 0 Å². The summed E-state index contributed by atoms with van der Waals surface area (Å²) in [5.41, 5.74) is 2.20. The number of hydrogen-bond acceptors (Lipinski definition) is 4. The normalized spacial score (nSPS) is 9.76. The number of carbonyl (C=O) groups excluding carboxylic acids is 1. The standard InChI is InChI=1S/C9H9BN6.C9H7O.C8H11P.CO.W/c1-4-11-14(7-1)10(15-8-2-5-12-15)16-9-3-6-13-16;1-8-2-4-9(5-3-8)6-7-10;1-9(2)8-6-4-3-5-7-8;1-2;/h1-9H;2-5H,1H3;3-7H,1-2H3;;/q2*-1;;;. The van der Waals surface area contributed by atoms with Crippen LogP contribution in [0.25, 0.3) is 0 Å². The van der Waals surface area contributed by atoms with Gasteiger partial charge in [-0.15, -0.1) is 0 Å². The molecule has 0 fully saturated rings. The zero-order chi connectivity index (χ0) is 27.8. The SMILES string of the molecule is CP(C)c1ccccc1.Cc1ccc([C](=[W])[C-]=O)cc1.[C-]#[O+].c1cnn([B-](n2cccn2)n2cccn2)c1. The van der Waals surface area contributed by atoms with Crippen LogP contribution in [0.1, 0.15) is 11.1 Å². The first-order chi connectivity index (χ1) is 18.5. The molecule has 11 heteroatoms. The van der Waals surface area contributed by atoms with E-state index >= 15 is 0 Å². The average Bonchev–Trinajstić information content (AvgIpc) is 3.77. The molecule has 0 N–H and O–H groups in total. The van der Waals surface area contributed by atoms with E-state index in [0.29, 0.717) is 0 Å². The number of hydrogen-bond donors (Lipinski definition) is 0. The topological polar surface area (TPSA) is 90.4 Å². The first-order valence-corrected chi connectivity index (χ1v) is 15.1. The van der Waals surface area contributed by atoms with Crippen molar-refractivity contribution in [3.8, 4) is 0 Å². The maximum atomic E-state index is 10.2. The van der Waals surface area contributed by atoms with Crippen molar-refractivity contribution in [3.05, 3.63) is 128 Å². The van der Waals surface area contributed by atoms with Crippen LogP contribution in [0, 0.1) is 13.6 Å². The third-order valence-corrected chi connectivity index (χ3v) is 7.44. The molecule has 0 bridgehead atoms. The van der Waals surface area contributed by atoms with E-state index in [-0.39, 0.29) is 15.0 Å². The number of aryl methyl sites for hydroxylation is 1. The predicted molar refractivity (Wildman–Crippen MR) is 148 cm³/mol. The Balaban J connectivity index is 0.000000203. The fourth-order valence-corrected chi connectivity index (χ4v) is 4.36. The molecule has 0 amide bonds. The second-order valence-corrected chi connectivity index (χ2v) is 11.6. The van der Waals surface area contributed by atoms with E-state index in [1.54, 1.807) is 32.4 Å². The summed E-state index contributed by atoms with van der Waals surface area (Å²) in [6.45, 7) is 11.1. The van der Waals surface area contributed by atoms with Crippen molar-refractivity contribution in [2.24, 2.45) is 0 Å². The van der Waals surface area contributed by atoms with E-state index in [1.807, 2.05) is 74.3 Å². The quantitative estimate of drug-likeness (QED) is 0.118. The summed E-state index contributed by atoms with van der Waals surface area (Å²) in [4.78, 5) is 10.2. The van der Waals surface area contributed by atoms with Crippen molar-refractivity contribution in [1.82, 2.24) is 29.1 Å². The van der Waals surface area contributed by atoms with Crippen molar-refractivity contribution in [1.29, 1.82) is 0 Å². The zero-order valence-corrected chi connectivity index (χ0v) is 25.2. The van der Waals surface area contributed by atoms with Gasteiger partial charge in [-0.1, -0.05) is 38.3 Å². The number of nitrogens with zero attached hydrogens (tertiary/aromatic N) is 6. The van der Waals surface area contributed by atoms with Crippen LogP contribution >= 0.6 is 7.92 Å². The molecule has 0 aliphatic carbocycles. The van der Waals surface area contributed by atoms with Crippen LogP contribution in [0.3, 0.4) is 0 Å². The Bertz CT molecular complexity index is 1260. The molecular weight excluding hydrogens is 666 g/mol. The molecule has 1 radical (unpaired) electrons. The molecule has 0 unspecified atom stereocenters. The van der Waals surface area contributed by atoms with Crippen molar-refractivity contribution in [2.75, 3.05) is 13.3 Å². The van der Waals surface area contributed by atoms with Crippen LogP contribution in [-0.4, -0.2) is 59.7 Å². The Morgan fingerprint density at radius 1 is 0.816 bits per heavy atom. The molecular formula is C27H27BN6O2PW-2. The second-order valence-electron chi connectivity index (χ2n) is 7.83. The number of benzene rings is 2. The zero-order valence-electron chi connectivity index (χ0n) is 21.3. The summed E-state index contributed by atoms with van der Waals surface area (Å²) < 4.78 is 13.6. The van der Waals surface area contributed by atoms with Gasteiger partial charge >= 0.3 is 88.0 Å². The van der Waals surface area contributed by atoms with Gasteiger partial charge in [-0.25, -0.2) is 15.3 Å². The van der Waals surface area contributed by atoms with Crippen molar-refractivity contribution >= 4 is 30.5 Å². The van der Waals surface area contributed by atoms with Crippen molar-refractivity contribution in [3.63, 3.8) is 0 Å². The van der Waals surface area contributed by atoms with Crippen LogP contribution in [0.2, 0.25) is 0 Å². The van der Waals surface area contributed by atoms with Gasteiger partial charge in [-0.2, -0.15) is 0 Å². The van der Waals surface area contributed by atoms with Gasteiger partial charge in [0.05, 0.1) is 0 Å². The van der Waals surface area contributed by atoms with Crippen molar-refractivity contribution < 1.29 is 28.8 Å². The van der Waals surface area contributed by atoms with Gasteiger partial charge in [0.25, 0.3) is 7.12 Å². The molecule has 0 aliphatic heterocycles. The van der Waals surface area contributed by atoms with E-state index in [9.17, 15) is 4.79 Å². The van der Waals surface area contributed by atoms with Gasteiger partial charge in [-0.05, 0) is 55.4 Å². The van der Waals surface area contributed by atoms with E-state index in [0.717, 1.165) is 9.46 Å². The summed E-state index contributed by atoms with van der Waals surface area (Å²) in [6, 6.07) is 24.1. The van der Waals surface area contributed by atoms with E-state index in [2.05, 4.69) is 65.6 Å². The maximum absolute atomic E-state index is 10.2. The smallest absolute Gasteiger partial charge is 0.260 e. The fourth-order valence-electron chi connectivity index (χ4n) is 3.11. The third-order valence-electron chi connectivity index (χ3n) is 4.96. The molecule has 0 saturated carbocycles. The van der Waals surface area contributed by atoms with Crippen LogP contribution in [0.5, 0.6) is 0 Å². The Hall–Kier alpha value is -3.47. The summed E-state index contributed by atoms with van der Waals surface area (Å²) in [5, 5.41) is 14.1. The molecule has 3 heterocycles. The van der Waals surface area contributed by atoms with E-state index in [1.165, 1.54) is 30.2 Å². The minimum Gasteiger partial charge on any atom is -0.425 e. The molecule has 0 spiro atoms. The number of rotatable bonds is 6. The predicted octanol–water partition coefficient (Wildman–Crippen LogP) is 3.39. The summed E-state index contributed by atoms with van der Waals surface area (Å²) in [6.07, 6.45) is 12.8. The molecule has 3 aromatic heterocycles. The Kier molecular flexibility index (Phi) is 13.9. The van der Waals surface area contributed by atoms with E-state index in [4.69, 9.17) is 4.65 Å². The summed E-state index contributed by atoms with van der Waals surface area (Å²) >= 11 is 1.17. The maximum Gasteiger partial charge on any atom is 0.260 e. The molecule has 0 atom stereocenters. The van der Waals surface area contributed by atoms with Gasteiger partial charge < -0.3 is 13.8 Å². The second kappa shape index (κ2) is 17.1. The average molecular weight is 693 g/mol. The summed E-state index contributed by atoms with van der Waals surface area (Å²) in [7, 11) is -0.0900. The monoisotopic (exact) mass is 693 g/mol. The van der Waals surface area contributed by atoms with Gasteiger partial charge in [0.1, 0.15) is 0 Å². The summed E-state index contributed by atoms with van der Waals surface area (Å²) in [5.74, 6) is 0. The molecule has 5 aromatic rings. The first kappa shape index (κ1) is 30.8. The Morgan fingerprint density at radius 3 is 1.58 bits per heavy atom. The third kappa shape index (κ3) is 9.77. The largest absolute Gasteiger partial charge is 0.425 e. The fraction of sp³-hybridized carbons (Fsp3) is 0.111. The molecule has 2 aromatic carbocycles. The van der Waals surface area contributed by atoms with Gasteiger partial charge in [0.2, 0.25) is 0 Å². The van der Waals surface area contributed by atoms with E-state index < -0.39 is 0 Å². The molecule has 5 rings (SSSR count).